The molecule has 0 aromatic heterocycles. The topological polar surface area (TPSA) is 121 Å². The van der Waals surface area contributed by atoms with E-state index in [-0.39, 0.29) is 48.4 Å². The number of halogens is 1. The first-order chi connectivity index (χ1) is 15.5. The minimum Gasteiger partial charge on any atom is -0.339 e. The number of sulfonamides is 1. The van der Waals surface area contributed by atoms with Crippen molar-refractivity contribution in [2.45, 2.75) is 30.3 Å². The Bertz CT molecular complexity index is 1310. The van der Waals surface area contributed by atoms with Crippen molar-refractivity contribution >= 4 is 54.0 Å². The minimum absolute atomic E-state index is 0.0298. The first-order valence-electron chi connectivity index (χ1n) is 10.5. The van der Waals surface area contributed by atoms with Crippen molar-refractivity contribution in [3.63, 3.8) is 0 Å². The van der Waals surface area contributed by atoms with E-state index in [4.69, 9.17) is 11.6 Å². The number of likely N-dealkylation sites (tertiary alicyclic amines) is 1. The number of sulfone groups is 1. The number of carbonyl (C=O) groups is 2. The molecule has 2 fully saturated rings. The van der Waals surface area contributed by atoms with Crippen LogP contribution in [0.1, 0.15) is 13.3 Å². The highest BCUT2D eigenvalue weighted by Gasteiger charge is 2.40. The number of hydrogen-bond acceptors (Lipinski definition) is 6. The standard InChI is InChI=1S/C21H24ClN3O6S2/c1-14(20(26)24-8-10-32(28,29)11-9-24)25-7-6-19(21(25)27)23-33(30,31)18-5-3-15-12-17(22)4-2-16(15)13-18/h2-5,12-14,19,23H,6-11H2,1H3/t14-,19-/m0/s1. The Morgan fingerprint density at radius 3 is 2.42 bits per heavy atom. The third-order valence-electron chi connectivity index (χ3n) is 6.10. The number of fused-ring (bicyclic) bond motifs is 1. The van der Waals surface area contributed by atoms with Gasteiger partial charge in [-0.1, -0.05) is 23.7 Å². The van der Waals surface area contributed by atoms with E-state index in [1.807, 2.05) is 0 Å². The summed E-state index contributed by atoms with van der Waals surface area (Å²) >= 11 is 5.97. The lowest BCUT2D eigenvalue weighted by Gasteiger charge is -2.32. The van der Waals surface area contributed by atoms with E-state index in [1.54, 1.807) is 31.2 Å². The van der Waals surface area contributed by atoms with Gasteiger partial charge in [0.1, 0.15) is 12.1 Å². The second-order valence-corrected chi connectivity index (χ2v) is 12.8. The van der Waals surface area contributed by atoms with E-state index in [0.29, 0.717) is 10.4 Å². The quantitative estimate of drug-likeness (QED) is 0.637. The van der Waals surface area contributed by atoms with Gasteiger partial charge in [-0.15, -0.1) is 0 Å². The van der Waals surface area contributed by atoms with Crippen LogP contribution in [-0.2, 0) is 29.4 Å². The van der Waals surface area contributed by atoms with Gasteiger partial charge in [-0.3, -0.25) is 9.59 Å². The molecule has 9 nitrogen and oxygen atoms in total. The largest absolute Gasteiger partial charge is 0.339 e. The molecule has 4 rings (SSSR count). The first kappa shape index (κ1) is 23.9. The van der Waals surface area contributed by atoms with Crippen LogP contribution >= 0.6 is 11.6 Å². The summed E-state index contributed by atoms with van der Waals surface area (Å²) in [5.41, 5.74) is 0. The monoisotopic (exact) mass is 513 g/mol. The summed E-state index contributed by atoms with van der Waals surface area (Å²) in [6.07, 6.45) is 0.229. The van der Waals surface area contributed by atoms with Crippen molar-refractivity contribution in [3.8, 4) is 0 Å². The molecule has 1 N–H and O–H groups in total. The number of nitrogens with one attached hydrogen (secondary N) is 1. The van der Waals surface area contributed by atoms with Crippen LogP contribution < -0.4 is 4.72 Å². The molecule has 2 aromatic rings. The summed E-state index contributed by atoms with van der Waals surface area (Å²) in [6, 6.07) is 7.95. The summed E-state index contributed by atoms with van der Waals surface area (Å²) in [5, 5.41) is 2.04. The van der Waals surface area contributed by atoms with E-state index in [0.717, 1.165) is 5.39 Å². The van der Waals surface area contributed by atoms with Gasteiger partial charge in [-0.25, -0.2) is 16.8 Å². The van der Waals surface area contributed by atoms with Gasteiger partial charge in [0, 0.05) is 24.7 Å². The molecule has 178 valence electrons. The van der Waals surface area contributed by atoms with Crippen molar-refractivity contribution in [3.05, 3.63) is 41.4 Å². The summed E-state index contributed by atoms with van der Waals surface area (Å²) in [4.78, 5) is 28.5. The zero-order valence-corrected chi connectivity index (χ0v) is 20.3. The Balaban J connectivity index is 1.44. The lowest BCUT2D eigenvalue weighted by atomic mass is 10.1. The fourth-order valence-electron chi connectivity index (χ4n) is 4.14. The lowest BCUT2D eigenvalue weighted by Crippen LogP contribution is -2.53. The molecular formula is C21H24ClN3O6S2. The molecule has 2 amide bonds. The van der Waals surface area contributed by atoms with Crippen LogP contribution in [0.5, 0.6) is 0 Å². The van der Waals surface area contributed by atoms with Gasteiger partial charge in [0.2, 0.25) is 21.8 Å². The zero-order chi connectivity index (χ0) is 24.0. The predicted molar refractivity (Wildman–Crippen MR) is 124 cm³/mol. The number of nitrogens with zero attached hydrogens (tertiary/aromatic N) is 2. The molecule has 33 heavy (non-hydrogen) atoms. The Kier molecular flexibility index (Phi) is 6.43. The number of benzene rings is 2. The van der Waals surface area contributed by atoms with Crippen LogP contribution in [-0.4, -0.2) is 81.7 Å². The van der Waals surface area contributed by atoms with Gasteiger partial charge < -0.3 is 9.80 Å². The highest BCUT2D eigenvalue weighted by Crippen LogP contribution is 2.24. The number of rotatable bonds is 5. The molecule has 2 aliphatic rings. The second-order valence-electron chi connectivity index (χ2n) is 8.30. The van der Waals surface area contributed by atoms with Gasteiger partial charge in [0.05, 0.1) is 16.4 Å². The van der Waals surface area contributed by atoms with Crippen molar-refractivity contribution < 1.29 is 26.4 Å². The Labute approximate surface area is 197 Å². The Morgan fingerprint density at radius 2 is 1.73 bits per heavy atom. The molecule has 0 spiro atoms. The Morgan fingerprint density at radius 1 is 1.09 bits per heavy atom. The van der Waals surface area contributed by atoms with E-state index in [2.05, 4.69) is 4.72 Å². The lowest BCUT2D eigenvalue weighted by molar-refractivity contribution is -0.143. The molecule has 0 saturated carbocycles. The van der Waals surface area contributed by atoms with Crippen molar-refractivity contribution in [1.29, 1.82) is 0 Å². The summed E-state index contributed by atoms with van der Waals surface area (Å²) in [6.45, 7) is 1.99. The number of amides is 2. The molecule has 2 aromatic carbocycles. The van der Waals surface area contributed by atoms with Crippen molar-refractivity contribution in [2.24, 2.45) is 0 Å². The smallest absolute Gasteiger partial charge is 0.245 e. The summed E-state index contributed by atoms with van der Waals surface area (Å²) in [5.74, 6) is -1.01. The predicted octanol–water partition coefficient (Wildman–Crippen LogP) is 1.02. The Hall–Kier alpha value is -2.21. The van der Waals surface area contributed by atoms with Gasteiger partial charge >= 0.3 is 0 Å². The maximum Gasteiger partial charge on any atom is 0.245 e. The second kappa shape index (κ2) is 8.86. The average Bonchev–Trinajstić information content (AvgIpc) is 3.11. The van der Waals surface area contributed by atoms with Gasteiger partial charge in [0.15, 0.2) is 9.84 Å². The summed E-state index contributed by atoms with van der Waals surface area (Å²) < 4.78 is 51.5. The van der Waals surface area contributed by atoms with Crippen LogP contribution in [0.25, 0.3) is 10.8 Å². The molecule has 2 saturated heterocycles. The average molecular weight is 514 g/mol. The molecule has 12 heteroatoms. The van der Waals surface area contributed by atoms with E-state index in [1.165, 1.54) is 21.9 Å². The fourth-order valence-corrected chi connectivity index (χ4v) is 6.78. The molecule has 0 radical (unpaired) electrons. The third-order valence-corrected chi connectivity index (χ3v) is 9.42. The third kappa shape index (κ3) is 5.01. The number of carbonyl (C=O) groups excluding carboxylic acids is 2. The van der Waals surface area contributed by atoms with Crippen LogP contribution in [0.15, 0.2) is 41.3 Å². The molecular weight excluding hydrogens is 490 g/mol. The highest BCUT2D eigenvalue weighted by molar-refractivity contribution is 7.91. The van der Waals surface area contributed by atoms with Gasteiger partial charge in [0.25, 0.3) is 0 Å². The van der Waals surface area contributed by atoms with E-state index >= 15 is 0 Å². The van der Waals surface area contributed by atoms with Crippen LogP contribution in [0.3, 0.4) is 0 Å². The number of hydrogen-bond donors (Lipinski definition) is 1. The van der Waals surface area contributed by atoms with E-state index < -0.39 is 37.9 Å². The zero-order valence-electron chi connectivity index (χ0n) is 17.9. The summed E-state index contributed by atoms with van der Waals surface area (Å²) in [7, 11) is -7.11. The van der Waals surface area contributed by atoms with Gasteiger partial charge in [-0.2, -0.15) is 4.72 Å². The molecule has 2 atom stereocenters. The molecule has 2 heterocycles. The molecule has 0 unspecified atom stereocenters. The highest BCUT2D eigenvalue weighted by atomic mass is 35.5. The minimum atomic E-state index is -3.97. The van der Waals surface area contributed by atoms with Crippen LogP contribution in [0.2, 0.25) is 5.02 Å². The fraction of sp³-hybridized carbons (Fsp3) is 0.429. The molecule has 0 bridgehead atoms. The normalized spacial score (nSPS) is 22.0. The van der Waals surface area contributed by atoms with Crippen LogP contribution in [0, 0.1) is 0 Å². The first-order valence-corrected chi connectivity index (χ1v) is 14.2. The van der Waals surface area contributed by atoms with Crippen LogP contribution in [0.4, 0.5) is 0 Å². The molecule has 0 aliphatic carbocycles. The molecule has 2 aliphatic heterocycles. The van der Waals surface area contributed by atoms with E-state index in [9.17, 15) is 26.4 Å². The SMILES string of the molecule is C[C@@H](C(=O)N1CCS(=O)(=O)CC1)N1CC[C@H](NS(=O)(=O)c2ccc3cc(Cl)ccc3c2)C1=O. The maximum atomic E-state index is 12.9. The van der Waals surface area contributed by atoms with Crippen molar-refractivity contribution in [2.75, 3.05) is 31.1 Å². The van der Waals surface area contributed by atoms with Gasteiger partial charge in [-0.05, 0) is 48.4 Å². The maximum absolute atomic E-state index is 12.9. The van der Waals surface area contributed by atoms with Crippen molar-refractivity contribution in [1.82, 2.24) is 14.5 Å².